The third kappa shape index (κ3) is 6.29. The second kappa shape index (κ2) is 13.3. The molecular weight excluding hydrogens is 536 g/mol. The van der Waals surface area contributed by atoms with Crippen molar-refractivity contribution in [2.45, 2.75) is 57.3 Å². The van der Waals surface area contributed by atoms with E-state index in [0.717, 1.165) is 43.2 Å². The Morgan fingerprint density at radius 3 is 2.40 bits per heavy atom. The molecule has 1 aliphatic rings. The number of para-hydroxylation sites is 1. The van der Waals surface area contributed by atoms with E-state index in [-0.39, 0.29) is 30.9 Å². The molecule has 2 amide bonds. The van der Waals surface area contributed by atoms with Gasteiger partial charge >= 0.3 is 0 Å². The lowest BCUT2D eigenvalue weighted by Gasteiger charge is -2.34. The first-order valence-corrected chi connectivity index (χ1v) is 14.1. The van der Waals surface area contributed by atoms with Gasteiger partial charge in [0.2, 0.25) is 17.6 Å². The number of aromatic nitrogens is 4. The van der Waals surface area contributed by atoms with E-state index in [9.17, 15) is 9.59 Å². The molecule has 5 rings (SSSR count). The zero-order chi connectivity index (χ0) is 29.5. The van der Waals surface area contributed by atoms with Crippen LogP contribution in [0.4, 0.5) is 0 Å². The highest BCUT2D eigenvalue weighted by Crippen LogP contribution is 2.41. The Bertz CT molecular complexity index is 1490. The summed E-state index contributed by atoms with van der Waals surface area (Å²) in [4.78, 5) is 34.3. The zero-order valence-electron chi connectivity index (χ0n) is 24.2. The van der Waals surface area contributed by atoms with Gasteiger partial charge in [-0.3, -0.25) is 14.6 Å². The van der Waals surface area contributed by atoms with E-state index in [1.54, 1.807) is 40.2 Å². The number of carbonyl (C=O) groups is 2. The van der Waals surface area contributed by atoms with E-state index >= 15 is 0 Å². The van der Waals surface area contributed by atoms with Gasteiger partial charge in [0, 0.05) is 25.0 Å². The van der Waals surface area contributed by atoms with E-state index < -0.39 is 6.04 Å². The van der Waals surface area contributed by atoms with Gasteiger partial charge in [-0.2, -0.15) is 0 Å². The van der Waals surface area contributed by atoms with Gasteiger partial charge in [0.1, 0.15) is 18.1 Å². The minimum atomic E-state index is -1.01. The minimum absolute atomic E-state index is 0.0328. The van der Waals surface area contributed by atoms with Gasteiger partial charge in [0.25, 0.3) is 0 Å². The molecule has 0 saturated heterocycles. The Morgan fingerprint density at radius 2 is 1.74 bits per heavy atom. The third-order valence-corrected chi connectivity index (χ3v) is 7.62. The lowest BCUT2D eigenvalue weighted by atomic mass is 9.94. The molecule has 0 spiro atoms. The SMILES string of the molecule is COc1cc([C@@H](C(=O)NC2CCCCC2)N(Cc2cccnc2)C(=O)Cn2nnc3ccccc32)cc(OC)c1OC. The second-order valence-corrected chi connectivity index (χ2v) is 10.3. The average molecular weight is 573 g/mol. The van der Waals surface area contributed by atoms with Crippen LogP contribution in [0.1, 0.15) is 49.3 Å². The molecule has 1 N–H and O–H groups in total. The topological polar surface area (TPSA) is 121 Å². The number of rotatable bonds is 11. The largest absolute Gasteiger partial charge is 0.493 e. The summed E-state index contributed by atoms with van der Waals surface area (Å²) < 4.78 is 18.3. The maximum Gasteiger partial charge on any atom is 0.247 e. The Morgan fingerprint density at radius 1 is 1.00 bits per heavy atom. The third-order valence-electron chi connectivity index (χ3n) is 7.62. The van der Waals surface area contributed by atoms with Gasteiger partial charge in [0.15, 0.2) is 11.5 Å². The van der Waals surface area contributed by atoms with Crippen LogP contribution in [-0.4, -0.2) is 64.1 Å². The molecule has 0 aliphatic heterocycles. The van der Waals surface area contributed by atoms with Crippen molar-refractivity contribution in [1.82, 2.24) is 30.2 Å². The minimum Gasteiger partial charge on any atom is -0.493 e. The molecule has 1 saturated carbocycles. The second-order valence-electron chi connectivity index (χ2n) is 10.3. The van der Waals surface area contributed by atoms with E-state index in [1.807, 2.05) is 30.3 Å². The number of benzene rings is 2. The number of hydrogen-bond acceptors (Lipinski definition) is 8. The van der Waals surface area contributed by atoms with Crippen LogP contribution >= 0.6 is 0 Å². The van der Waals surface area contributed by atoms with Gasteiger partial charge in [-0.05, 0) is 54.3 Å². The lowest BCUT2D eigenvalue weighted by Crippen LogP contribution is -2.47. The molecule has 0 radical (unpaired) electrons. The van der Waals surface area contributed by atoms with Gasteiger partial charge in [-0.15, -0.1) is 5.10 Å². The number of ether oxygens (including phenoxy) is 3. The molecule has 1 fully saturated rings. The van der Waals surface area contributed by atoms with Crippen LogP contribution < -0.4 is 19.5 Å². The average Bonchev–Trinajstić information content (AvgIpc) is 3.43. The van der Waals surface area contributed by atoms with E-state index in [4.69, 9.17) is 14.2 Å². The van der Waals surface area contributed by atoms with Gasteiger partial charge in [-0.25, -0.2) is 4.68 Å². The molecule has 0 unspecified atom stereocenters. The Balaban J connectivity index is 1.59. The fourth-order valence-corrected chi connectivity index (χ4v) is 5.52. The van der Waals surface area contributed by atoms with Gasteiger partial charge in [-0.1, -0.05) is 42.7 Å². The van der Waals surface area contributed by atoms with Crippen molar-refractivity contribution in [2.75, 3.05) is 21.3 Å². The molecule has 4 aromatic rings. The molecule has 1 aliphatic carbocycles. The molecule has 2 aromatic heterocycles. The van der Waals surface area contributed by atoms with Gasteiger partial charge in [0.05, 0.1) is 26.8 Å². The van der Waals surface area contributed by atoms with Gasteiger partial charge < -0.3 is 24.4 Å². The van der Waals surface area contributed by atoms with Crippen molar-refractivity contribution in [3.63, 3.8) is 0 Å². The van der Waals surface area contributed by atoms with Crippen LogP contribution in [0, 0.1) is 0 Å². The van der Waals surface area contributed by atoms with E-state index in [2.05, 4.69) is 20.6 Å². The number of methoxy groups -OCH3 is 3. The van der Waals surface area contributed by atoms with E-state index in [0.29, 0.717) is 28.3 Å². The maximum absolute atomic E-state index is 14.3. The monoisotopic (exact) mass is 572 g/mol. The Labute approximate surface area is 244 Å². The number of hydrogen-bond donors (Lipinski definition) is 1. The summed E-state index contributed by atoms with van der Waals surface area (Å²) in [5.41, 5.74) is 2.71. The highest BCUT2D eigenvalue weighted by Gasteiger charge is 2.35. The number of amides is 2. The lowest BCUT2D eigenvalue weighted by molar-refractivity contribution is -0.142. The number of fused-ring (bicyclic) bond motifs is 1. The smallest absolute Gasteiger partial charge is 0.247 e. The Hall–Kier alpha value is -4.67. The fraction of sp³-hybridized carbons (Fsp3) is 0.387. The summed E-state index contributed by atoms with van der Waals surface area (Å²) in [6.07, 6.45) is 8.42. The summed E-state index contributed by atoms with van der Waals surface area (Å²) in [6.45, 7) is 0.0249. The summed E-state index contributed by atoms with van der Waals surface area (Å²) in [7, 11) is 4.56. The standard InChI is InChI=1S/C31H36N6O5/c1-40-26-16-22(17-27(41-2)30(26)42-3)29(31(39)33-23-11-5-4-6-12-23)36(19-21-10-9-15-32-18-21)28(38)20-37-25-14-8-7-13-24(25)34-35-37/h7-10,13-18,23,29H,4-6,11-12,19-20H2,1-3H3,(H,33,39)/t29-/m0/s1. The fourth-order valence-electron chi connectivity index (χ4n) is 5.52. The number of carbonyl (C=O) groups excluding carboxylic acids is 2. The molecule has 1 atom stereocenters. The maximum atomic E-state index is 14.3. The molecule has 42 heavy (non-hydrogen) atoms. The highest BCUT2D eigenvalue weighted by atomic mass is 16.5. The van der Waals surface area contributed by atoms with Crippen molar-refractivity contribution >= 4 is 22.8 Å². The van der Waals surface area contributed by atoms with Crippen LogP contribution in [0.5, 0.6) is 17.2 Å². The van der Waals surface area contributed by atoms with Crippen LogP contribution in [-0.2, 0) is 22.7 Å². The molecule has 2 aromatic carbocycles. The van der Waals surface area contributed by atoms with Crippen molar-refractivity contribution < 1.29 is 23.8 Å². The van der Waals surface area contributed by atoms with Crippen molar-refractivity contribution in [3.8, 4) is 17.2 Å². The number of nitrogens with one attached hydrogen (secondary N) is 1. The van der Waals surface area contributed by atoms with Crippen LogP contribution in [0.25, 0.3) is 11.0 Å². The number of nitrogens with zero attached hydrogens (tertiary/aromatic N) is 5. The van der Waals surface area contributed by atoms with Crippen LogP contribution in [0.2, 0.25) is 0 Å². The highest BCUT2D eigenvalue weighted by molar-refractivity contribution is 5.90. The van der Waals surface area contributed by atoms with Crippen molar-refractivity contribution in [1.29, 1.82) is 0 Å². The predicted octanol–water partition coefficient (Wildman–Crippen LogP) is 4.07. The molecule has 2 heterocycles. The molecule has 220 valence electrons. The quantitative estimate of drug-likeness (QED) is 0.286. The van der Waals surface area contributed by atoms with Crippen LogP contribution in [0.3, 0.4) is 0 Å². The van der Waals surface area contributed by atoms with Crippen molar-refractivity contribution in [3.05, 3.63) is 72.1 Å². The Kier molecular flexibility index (Phi) is 9.15. The normalized spacial score (nSPS) is 14.3. The molecule has 11 nitrogen and oxygen atoms in total. The van der Waals surface area contributed by atoms with Crippen molar-refractivity contribution in [2.24, 2.45) is 0 Å². The number of pyridine rings is 1. The molecule has 11 heteroatoms. The zero-order valence-corrected chi connectivity index (χ0v) is 24.2. The summed E-state index contributed by atoms with van der Waals surface area (Å²) in [5.74, 6) is 0.579. The summed E-state index contributed by atoms with van der Waals surface area (Å²) in [6, 6.07) is 13.6. The van der Waals surface area contributed by atoms with E-state index in [1.165, 1.54) is 21.3 Å². The summed E-state index contributed by atoms with van der Waals surface area (Å²) >= 11 is 0. The first kappa shape index (κ1) is 28.8. The first-order valence-electron chi connectivity index (χ1n) is 14.1. The molecular formula is C31H36N6O5. The van der Waals surface area contributed by atoms with Crippen LogP contribution in [0.15, 0.2) is 60.9 Å². The predicted molar refractivity (Wildman–Crippen MR) is 156 cm³/mol. The first-order chi connectivity index (χ1) is 20.5. The summed E-state index contributed by atoms with van der Waals surface area (Å²) in [5, 5.41) is 11.7. The molecule has 0 bridgehead atoms.